The molecule has 0 unspecified atom stereocenters. The number of hydrogen-bond donors (Lipinski definition) is 2. The number of nitrogens with one attached hydrogen (secondary N) is 1. The van der Waals surface area contributed by atoms with Gasteiger partial charge < -0.3 is 4.72 Å². The van der Waals surface area contributed by atoms with Gasteiger partial charge in [-0.15, -0.1) is 20.9 Å². The lowest BCUT2D eigenvalue weighted by molar-refractivity contribution is 1.68. The van der Waals surface area contributed by atoms with E-state index in [1.165, 1.54) is 0 Å². The summed E-state index contributed by atoms with van der Waals surface area (Å²) in [6.45, 7) is 0. The van der Waals surface area contributed by atoms with E-state index >= 15 is 0 Å². The minimum atomic E-state index is -0.933. The average Bonchev–Trinajstić information content (AvgIpc) is 1.85. The molecule has 0 aliphatic heterocycles. The third-order valence-corrected chi connectivity index (χ3v) is 2.15. The normalized spacial score (nSPS) is 12.6. The first-order valence-electron chi connectivity index (χ1n) is 3.36. The summed E-state index contributed by atoms with van der Waals surface area (Å²) in [5.41, 5.74) is 1.14. The van der Waals surface area contributed by atoms with Crippen LogP contribution in [0.4, 0.5) is 5.69 Å². The third-order valence-electron chi connectivity index (χ3n) is 1.14. The number of anilines is 1. The van der Waals surface area contributed by atoms with Crippen molar-refractivity contribution in [3.05, 3.63) is 30.3 Å². The molecule has 1 aromatic carbocycles. The lowest BCUT2D eigenvalue weighted by Gasteiger charge is -2.26. The zero-order chi connectivity index (χ0) is 8.32. The van der Waals surface area contributed by atoms with Gasteiger partial charge in [0.2, 0.25) is 0 Å². The third kappa shape index (κ3) is 3.58. The van der Waals surface area contributed by atoms with E-state index in [2.05, 4.69) is 28.9 Å². The van der Waals surface area contributed by atoms with Crippen molar-refractivity contribution in [2.24, 2.45) is 0 Å². The lowest BCUT2D eigenvalue weighted by atomic mass is 10.3. The minimum absolute atomic E-state index is 0.933. The molecule has 0 radical (unpaired) electrons. The fraction of sp³-hybridized carbons (Fsp3) is 0.250. The minimum Gasteiger partial charge on any atom is -0.340 e. The first kappa shape index (κ1) is 8.81. The summed E-state index contributed by atoms with van der Waals surface area (Å²) >= 11 is 4.44. The number of hydrogen-bond acceptors (Lipinski definition) is 2. The van der Waals surface area contributed by atoms with Crippen LogP contribution in [0, 0.1) is 0 Å². The van der Waals surface area contributed by atoms with Crippen LogP contribution in [0.1, 0.15) is 0 Å². The van der Waals surface area contributed by atoms with E-state index in [1.54, 1.807) is 0 Å². The van der Waals surface area contributed by atoms with Crippen molar-refractivity contribution in [3.63, 3.8) is 0 Å². The zero-order valence-corrected chi connectivity index (χ0v) is 8.45. The van der Waals surface area contributed by atoms with Crippen molar-refractivity contribution in [2.45, 2.75) is 0 Å². The maximum absolute atomic E-state index is 4.44. The average molecular weight is 187 g/mol. The Morgan fingerprint density at radius 1 is 1.18 bits per heavy atom. The van der Waals surface area contributed by atoms with Crippen molar-refractivity contribution in [2.75, 3.05) is 17.2 Å². The Kier molecular flexibility index (Phi) is 2.73. The van der Waals surface area contributed by atoms with Gasteiger partial charge in [-0.3, -0.25) is 0 Å². The molecule has 0 aliphatic rings. The van der Waals surface area contributed by atoms with Gasteiger partial charge >= 0.3 is 0 Å². The van der Waals surface area contributed by atoms with Crippen LogP contribution in [0.15, 0.2) is 30.3 Å². The van der Waals surface area contributed by atoms with Crippen LogP contribution >= 0.6 is 20.9 Å². The van der Waals surface area contributed by atoms with Gasteiger partial charge in [0, 0.05) is 5.69 Å². The smallest absolute Gasteiger partial charge is 0.0432 e. The molecule has 11 heavy (non-hydrogen) atoms. The topological polar surface area (TPSA) is 12.0 Å². The van der Waals surface area contributed by atoms with E-state index in [-0.39, 0.29) is 0 Å². The van der Waals surface area contributed by atoms with Gasteiger partial charge in [-0.2, -0.15) is 0 Å². The highest BCUT2D eigenvalue weighted by Gasteiger charge is 2.02. The first-order chi connectivity index (χ1) is 5.08. The van der Waals surface area contributed by atoms with Crippen LogP contribution in [0.3, 0.4) is 0 Å². The molecule has 0 fully saturated rings. The van der Waals surface area contributed by atoms with Gasteiger partial charge in [-0.25, -0.2) is 0 Å². The molecule has 0 saturated heterocycles. The van der Waals surface area contributed by atoms with Crippen LogP contribution in [0.2, 0.25) is 0 Å². The van der Waals surface area contributed by atoms with Gasteiger partial charge in [0.15, 0.2) is 0 Å². The summed E-state index contributed by atoms with van der Waals surface area (Å²) in [5.74, 6) is 0. The standard InChI is InChI=1S/C8H13NS2/c1-11(2,10)9-8-6-4-3-5-7-8/h3-7,9-10H,1-2H3. The summed E-state index contributed by atoms with van der Waals surface area (Å²) in [6.07, 6.45) is 4.20. The highest BCUT2D eigenvalue weighted by molar-refractivity contribution is 8.87. The first-order valence-corrected chi connectivity index (χ1v) is 6.87. The number of thiol groups is 1. The van der Waals surface area contributed by atoms with Crippen LogP contribution in [-0.2, 0) is 0 Å². The second-order valence-electron chi connectivity index (χ2n) is 2.74. The molecule has 0 spiro atoms. The molecule has 1 N–H and O–H groups in total. The molecule has 62 valence electrons. The van der Waals surface area contributed by atoms with Crippen LogP contribution in [-0.4, -0.2) is 12.5 Å². The Hall–Kier alpha value is -0.280. The lowest BCUT2D eigenvalue weighted by Crippen LogP contribution is -1.99. The quantitative estimate of drug-likeness (QED) is 0.536. The molecule has 0 saturated carbocycles. The van der Waals surface area contributed by atoms with Gasteiger partial charge in [0.1, 0.15) is 0 Å². The zero-order valence-electron chi connectivity index (χ0n) is 6.74. The summed E-state index contributed by atoms with van der Waals surface area (Å²) in [6, 6.07) is 10.1. The van der Waals surface area contributed by atoms with E-state index in [1.807, 2.05) is 30.3 Å². The number of para-hydroxylation sites is 1. The molecule has 0 amide bonds. The molecule has 1 rings (SSSR count). The predicted molar refractivity (Wildman–Crippen MR) is 58.5 cm³/mol. The predicted octanol–water partition coefficient (Wildman–Crippen LogP) is 2.92. The van der Waals surface area contributed by atoms with Crippen molar-refractivity contribution in [1.82, 2.24) is 0 Å². The summed E-state index contributed by atoms with van der Waals surface area (Å²) in [4.78, 5) is 0. The Balaban J connectivity index is 2.66. The van der Waals surface area contributed by atoms with E-state index < -0.39 is 9.25 Å². The van der Waals surface area contributed by atoms with Crippen molar-refractivity contribution in [1.29, 1.82) is 0 Å². The fourth-order valence-electron chi connectivity index (χ4n) is 0.795. The van der Waals surface area contributed by atoms with Crippen LogP contribution in [0.25, 0.3) is 0 Å². The molecule has 3 heteroatoms. The summed E-state index contributed by atoms with van der Waals surface area (Å²) in [5, 5.41) is 0. The SMILES string of the molecule is CS(C)(S)Nc1ccccc1. The van der Waals surface area contributed by atoms with Crippen molar-refractivity contribution >= 4 is 26.6 Å². The molecular formula is C8H13NS2. The van der Waals surface area contributed by atoms with Gasteiger partial charge in [0.25, 0.3) is 0 Å². The van der Waals surface area contributed by atoms with E-state index in [0.717, 1.165) is 5.69 Å². The Labute approximate surface area is 74.5 Å². The molecule has 0 bridgehead atoms. The molecule has 0 heterocycles. The van der Waals surface area contributed by atoms with Crippen LogP contribution in [0.5, 0.6) is 0 Å². The summed E-state index contributed by atoms with van der Waals surface area (Å²) < 4.78 is 3.33. The maximum Gasteiger partial charge on any atom is 0.0432 e. The summed E-state index contributed by atoms with van der Waals surface area (Å²) in [7, 11) is -0.933. The van der Waals surface area contributed by atoms with E-state index in [0.29, 0.717) is 0 Å². The molecule has 0 aliphatic carbocycles. The second kappa shape index (κ2) is 3.41. The van der Waals surface area contributed by atoms with E-state index in [9.17, 15) is 0 Å². The molecule has 1 nitrogen and oxygen atoms in total. The molecule has 1 aromatic rings. The van der Waals surface area contributed by atoms with Crippen molar-refractivity contribution in [3.8, 4) is 0 Å². The molecule has 0 atom stereocenters. The Morgan fingerprint density at radius 3 is 2.18 bits per heavy atom. The molecule has 0 aromatic heterocycles. The van der Waals surface area contributed by atoms with E-state index in [4.69, 9.17) is 0 Å². The largest absolute Gasteiger partial charge is 0.340 e. The monoisotopic (exact) mass is 187 g/mol. The Bertz CT molecular complexity index is 215. The van der Waals surface area contributed by atoms with Crippen molar-refractivity contribution < 1.29 is 0 Å². The maximum atomic E-state index is 4.44. The van der Waals surface area contributed by atoms with Gasteiger partial charge in [0.05, 0.1) is 0 Å². The highest BCUT2D eigenvalue weighted by atomic mass is 33.1. The van der Waals surface area contributed by atoms with Gasteiger partial charge in [-0.1, -0.05) is 18.2 Å². The molecular weight excluding hydrogens is 174 g/mol. The van der Waals surface area contributed by atoms with Crippen LogP contribution < -0.4 is 4.72 Å². The Morgan fingerprint density at radius 2 is 1.73 bits per heavy atom. The van der Waals surface area contributed by atoms with Gasteiger partial charge in [-0.05, 0) is 24.6 Å². The number of benzene rings is 1. The second-order valence-corrected chi connectivity index (χ2v) is 8.23. The number of rotatable bonds is 2. The highest BCUT2D eigenvalue weighted by Crippen LogP contribution is 2.44. The fourth-order valence-corrected chi connectivity index (χ4v) is 1.82.